The summed E-state index contributed by atoms with van der Waals surface area (Å²) in [5.74, 6) is 0.408. The van der Waals surface area contributed by atoms with Crippen LogP contribution in [0.15, 0.2) is 18.2 Å². The third-order valence-corrected chi connectivity index (χ3v) is 3.20. The molecule has 0 unspecified atom stereocenters. The van der Waals surface area contributed by atoms with E-state index in [2.05, 4.69) is 6.07 Å². The number of nitriles is 1. The average Bonchev–Trinajstić information content (AvgIpc) is 2.10. The summed E-state index contributed by atoms with van der Waals surface area (Å²) in [6.45, 7) is 0. The molecule has 14 heavy (non-hydrogen) atoms. The number of nitrogens with two attached hydrogens (primary N) is 1. The molecule has 0 spiro atoms. The van der Waals surface area contributed by atoms with Crippen LogP contribution in [0.5, 0.6) is 0 Å². The number of nitrogen functional groups attached to an aromatic ring is 1. The average molecular weight is 207 g/mol. The lowest BCUT2D eigenvalue weighted by Gasteiger charge is -2.32. The third-order valence-electron chi connectivity index (χ3n) is 2.86. The molecule has 0 aromatic heterocycles. The molecule has 0 bridgehead atoms. The molecule has 1 aromatic carbocycles. The Bertz CT molecular complexity index is 395. The van der Waals surface area contributed by atoms with E-state index in [0.29, 0.717) is 5.69 Å². The first-order chi connectivity index (χ1) is 6.72. The summed E-state index contributed by atoms with van der Waals surface area (Å²) in [6, 6.07) is 7.77. The molecule has 2 rings (SSSR count). The van der Waals surface area contributed by atoms with Crippen LogP contribution < -0.4 is 5.73 Å². The molecule has 3 heteroatoms. The van der Waals surface area contributed by atoms with Crippen molar-refractivity contribution in [2.75, 3.05) is 5.73 Å². The van der Waals surface area contributed by atoms with Crippen molar-refractivity contribution >= 4 is 17.3 Å². The Morgan fingerprint density at radius 1 is 1.43 bits per heavy atom. The van der Waals surface area contributed by atoms with E-state index in [0.717, 1.165) is 23.4 Å². The van der Waals surface area contributed by atoms with Crippen LogP contribution in [0.1, 0.15) is 24.3 Å². The monoisotopic (exact) mass is 206 g/mol. The van der Waals surface area contributed by atoms with Crippen LogP contribution in [0.2, 0.25) is 5.02 Å². The van der Waals surface area contributed by atoms with Gasteiger partial charge in [-0.1, -0.05) is 11.6 Å². The molecule has 1 saturated carbocycles. The predicted octanol–water partition coefficient (Wildman–Crippen LogP) is 2.94. The van der Waals surface area contributed by atoms with Gasteiger partial charge < -0.3 is 5.73 Å². The molecule has 1 fully saturated rings. The Hall–Kier alpha value is -1.20. The van der Waals surface area contributed by atoms with Crippen molar-refractivity contribution in [3.05, 3.63) is 28.8 Å². The van der Waals surface area contributed by atoms with Gasteiger partial charge >= 0.3 is 0 Å². The van der Waals surface area contributed by atoms with Crippen molar-refractivity contribution in [1.82, 2.24) is 0 Å². The number of benzene rings is 1. The van der Waals surface area contributed by atoms with E-state index in [1.165, 1.54) is 0 Å². The fourth-order valence-corrected chi connectivity index (χ4v) is 2.13. The fourth-order valence-electron chi connectivity index (χ4n) is 1.87. The molecular weight excluding hydrogens is 196 g/mol. The van der Waals surface area contributed by atoms with E-state index in [-0.39, 0.29) is 11.8 Å². The molecule has 72 valence electrons. The van der Waals surface area contributed by atoms with Crippen LogP contribution in [0.3, 0.4) is 0 Å². The fraction of sp³-hybridized carbons (Fsp3) is 0.364. The summed E-state index contributed by atoms with van der Waals surface area (Å²) >= 11 is 6.06. The Balaban J connectivity index is 2.32. The maximum absolute atomic E-state index is 8.85. The zero-order valence-corrected chi connectivity index (χ0v) is 8.46. The Morgan fingerprint density at radius 2 is 2.21 bits per heavy atom. The maximum Gasteiger partial charge on any atom is 0.0662 e. The Labute approximate surface area is 88.3 Å². The zero-order valence-electron chi connectivity index (χ0n) is 7.70. The highest BCUT2D eigenvalue weighted by Gasteiger charge is 2.33. The molecule has 1 aliphatic rings. The first kappa shape index (κ1) is 9.36. The first-order valence-electron chi connectivity index (χ1n) is 4.67. The molecule has 0 heterocycles. The minimum atomic E-state index is 0.120. The van der Waals surface area contributed by atoms with Gasteiger partial charge in [0.15, 0.2) is 0 Å². The van der Waals surface area contributed by atoms with Gasteiger partial charge in [0.25, 0.3) is 0 Å². The molecule has 1 aliphatic carbocycles. The third kappa shape index (κ3) is 1.44. The normalized spacial score (nSPS) is 25.1. The summed E-state index contributed by atoms with van der Waals surface area (Å²) in [7, 11) is 0. The second-order valence-electron chi connectivity index (χ2n) is 3.70. The summed E-state index contributed by atoms with van der Waals surface area (Å²) in [4.78, 5) is 0. The smallest absolute Gasteiger partial charge is 0.0662 e. The second-order valence-corrected chi connectivity index (χ2v) is 4.11. The molecule has 0 radical (unpaired) electrons. The second kappa shape index (κ2) is 3.51. The summed E-state index contributed by atoms with van der Waals surface area (Å²) in [5, 5.41) is 9.58. The summed E-state index contributed by atoms with van der Waals surface area (Å²) in [6.07, 6.45) is 2.02. The van der Waals surface area contributed by atoms with Crippen molar-refractivity contribution in [3.8, 4) is 6.07 Å². The largest absolute Gasteiger partial charge is 0.399 e. The van der Waals surface area contributed by atoms with Crippen LogP contribution in [0, 0.1) is 17.2 Å². The number of hydrogen-bond acceptors (Lipinski definition) is 2. The molecule has 2 nitrogen and oxygen atoms in total. The van der Waals surface area contributed by atoms with Crippen LogP contribution in [0.25, 0.3) is 0 Å². The standard InChI is InChI=1S/C11H11ClN2/c12-11-4-2-8(14)5-10(11)9-3-1-7(9)6-13/h2,4-5,7,9H,1,3,14H2/t7-,9-/m0/s1. The molecule has 1 aromatic rings. The van der Waals surface area contributed by atoms with Crippen molar-refractivity contribution < 1.29 is 0 Å². The molecule has 0 saturated heterocycles. The minimum Gasteiger partial charge on any atom is -0.399 e. The number of rotatable bonds is 1. The van der Waals surface area contributed by atoms with E-state index in [9.17, 15) is 0 Å². The van der Waals surface area contributed by atoms with Crippen molar-refractivity contribution in [2.45, 2.75) is 18.8 Å². The van der Waals surface area contributed by atoms with Gasteiger partial charge in [-0.15, -0.1) is 0 Å². The summed E-state index contributed by atoms with van der Waals surface area (Å²) in [5.41, 5.74) is 7.44. The van der Waals surface area contributed by atoms with E-state index in [1.807, 2.05) is 6.07 Å². The topological polar surface area (TPSA) is 49.8 Å². The van der Waals surface area contributed by atoms with Crippen LogP contribution >= 0.6 is 11.6 Å². The van der Waals surface area contributed by atoms with Crippen LogP contribution in [-0.2, 0) is 0 Å². The highest BCUT2D eigenvalue weighted by atomic mass is 35.5. The lowest BCUT2D eigenvalue weighted by atomic mass is 9.71. The van der Waals surface area contributed by atoms with E-state index >= 15 is 0 Å². The molecular formula is C11H11ClN2. The van der Waals surface area contributed by atoms with E-state index < -0.39 is 0 Å². The van der Waals surface area contributed by atoms with E-state index in [1.54, 1.807) is 12.1 Å². The van der Waals surface area contributed by atoms with Crippen molar-refractivity contribution in [2.24, 2.45) is 5.92 Å². The van der Waals surface area contributed by atoms with Gasteiger partial charge in [0, 0.05) is 16.6 Å². The highest BCUT2D eigenvalue weighted by molar-refractivity contribution is 6.31. The van der Waals surface area contributed by atoms with Crippen molar-refractivity contribution in [1.29, 1.82) is 5.26 Å². The maximum atomic E-state index is 8.85. The quantitative estimate of drug-likeness (QED) is 0.719. The number of hydrogen-bond donors (Lipinski definition) is 1. The van der Waals surface area contributed by atoms with Gasteiger partial charge in [-0.3, -0.25) is 0 Å². The Kier molecular flexibility index (Phi) is 2.35. The number of nitrogens with zero attached hydrogens (tertiary/aromatic N) is 1. The zero-order chi connectivity index (χ0) is 10.1. The molecule has 0 amide bonds. The van der Waals surface area contributed by atoms with Gasteiger partial charge in [0.2, 0.25) is 0 Å². The van der Waals surface area contributed by atoms with Gasteiger partial charge in [-0.2, -0.15) is 5.26 Å². The SMILES string of the molecule is N#C[C@@H]1CC[C@@H]1c1cc(N)ccc1Cl. The molecule has 2 atom stereocenters. The Morgan fingerprint density at radius 3 is 2.79 bits per heavy atom. The highest BCUT2D eigenvalue weighted by Crippen LogP contribution is 2.44. The number of anilines is 1. The lowest BCUT2D eigenvalue weighted by Crippen LogP contribution is -2.22. The molecule has 2 N–H and O–H groups in total. The predicted molar refractivity (Wildman–Crippen MR) is 56.9 cm³/mol. The summed E-state index contributed by atoms with van der Waals surface area (Å²) < 4.78 is 0. The van der Waals surface area contributed by atoms with Crippen molar-refractivity contribution in [3.63, 3.8) is 0 Å². The first-order valence-corrected chi connectivity index (χ1v) is 5.04. The van der Waals surface area contributed by atoms with Gasteiger partial charge in [-0.25, -0.2) is 0 Å². The van der Waals surface area contributed by atoms with Gasteiger partial charge in [0.05, 0.1) is 12.0 Å². The van der Waals surface area contributed by atoms with Gasteiger partial charge in [-0.05, 0) is 36.6 Å². The van der Waals surface area contributed by atoms with Gasteiger partial charge in [0.1, 0.15) is 0 Å². The lowest BCUT2D eigenvalue weighted by molar-refractivity contribution is 0.325. The van der Waals surface area contributed by atoms with E-state index in [4.69, 9.17) is 22.6 Å². The molecule has 0 aliphatic heterocycles. The number of halogens is 1. The van der Waals surface area contributed by atoms with Crippen LogP contribution in [-0.4, -0.2) is 0 Å². The minimum absolute atomic E-state index is 0.120. The van der Waals surface area contributed by atoms with Crippen LogP contribution in [0.4, 0.5) is 5.69 Å².